The van der Waals surface area contributed by atoms with Gasteiger partial charge in [-0.2, -0.15) is 0 Å². The highest BCUT2D eigenvalue weighted by Gasteiger charge is 2.30. The Bertz CT molecular complexity index is 2030. The predicted molar refractivity (Wildman–Crippen MR) is 381 cm³/mol. The second-order valence-corrected chi connectivity index (χ2v) is 28.1. The molecule has 0 rings (SSSR count). The summed E-state index contributed by atoms with van der Waals surface area (Å²) in [6, 6.07) is 0. The van der Waals surface area contributed by atoms with Gasteiger partial charge in [0.2, 0.25) is 0 Å². The molecule has 5 unspecified atom stereocenters. The number of hydrogen-bond acceptors (Lipinski definition) is 15. The molecule has 0 heterocycles. The van der Waals surface area contributed by atoms with Gasteiger partial charge in [0.15, 0.2) is 12.2 Å². The average Bonchev–Trinajstić information content (AvgIpc) is 1.55. The predicted octanol–water partition coefficient (Wildman–Crippen LogP) is 21.1. The highest BCUT2D eigenvalue weighted by Crippen LogP contribution is 2.45. The van der Waals surface area contributed by atoms with Gasteiger partial charge >= 0.3 is 39.5 Å². The molecule has 548 valence electrons. The maximum absolute atomic E-state index is 13.0. The van der Waals surface area contributed by atoms with E-state index >= 15 is 0 Å². The maximum Gasteiger partial charge on any atom is 0.472 e. The Morgan fingerprint density at radius 1 is 0.309 bits per heavy atom. The third-order valence-electron chi connectivity index (χ3n) is 16.0. The number of carbonyl (C=O) groups excluding carboxylic acids is 4. The molecule has 0 amide bonds. The molecule has 3 N–H and O–H groups in total. The van der Waals surface area contributed by atoms with E-state index < -0.39 is 97.5 Å². The first-order valence-corrected chi connectivity index (χ1v) is 40.5. The highest BCUT2D eigenvalue weighted by molar-refractivity contribution is 7.47. The van der Waals surface area contributed by atoms with Gasteiger partial charge in [-0.3, -0.25) is 37.3 Å². The zero-order valence-electron chi connectivity index (χ0n) is 59.6. The number of aliphatic hydroxyl groups is 1. The second kappa shape index (κ2) is 68.3. The zero-order valence-corrected chi connectivity index (χ0v) is 61.4. The van der Waals surface area contributed by atoms with Crippen LogP contribution in [-0.2, 0) is 65.4 Å². The van der Waals surface area contributed by atoms with Crippen LogP contribution in [0.15, 0.2) is 60.8 Å². The normalized spacial score (nSPS) is 14.3. The molecule has 0 aliphatic rings. The summed E-state index contributed by atoms with van der Waals surface area (Å²) in [6.07, 6.45) is 65.0. The minimum absolute atomic E-state index is 0.0840. The number of rotatable bonds is 71. The molecule has 0 radical (unpaired) electrons. The highest BCUT2D eigenvalue weighted by atomic mass is 31.2. The second-order valence-electron chi connectivity index (χ2n) is 25.2. The summed E-state index contributed by atoms with van der Waals surface area (Å²) < 4.78 is 68.4. The van der Waals surface area contributed by atoms with Gasteiger partial charge in [0.05, 0.1) is 26.4 Å². The monoisotopic (exact) mass is 1370 g/mol. The molecule has 19 heteroatoms. The summed E-state index contributed by atoms with van der Waals surface area (Å²) in [7, 11) is -9.93. The first-order chi connectivity index (χ1) is 45.7. The Hall–Kier alpha value is -3.24. The van der Waals surface area contributed by atoms with Crippen LogP contribution in [-0.4, -0.2) is 96.7 Å². The molecule has 0 spiro atoms. The van der Waals surface area contributed by atoms with Crippen molar-refractivity contribution in [2.24, 2.45) is 0 Å². The van der Waals surface area contributed by atoms with Crippen LogP contribution >= 0.6 is 15.6 Å². The molecule has 17 nitrogen and oxygen atoms in total. The number of phosphoric acid groups is 2. The van der Waals surface area contributed by atoms with Crippen LogP contribution in [0.4, 0.5) is 0 Å². The number of carbonyl (C=O) groups is 4. The van der Waals surface area contributed by atoms with Crippen LogP contribution in [0.2, 0.25) is 0 Å². The van der Waals surface area contributed by atoms with Gasteiger partial charge in [-0.1, -0.05) is 268 Å². The number of hydrogen-bond donors (Lipinski definition) is 3. The summed E-state index contributed by atoms with van der Waals surface area (Å²) in [5.74, 6) is -2.19. The molecule has 0 aromatic heterocycles. The van der Waals surface area contributed by atoms with Gasteiger partial charge in [0, 0.05) is 25.7 Å². The molecule has 0 saturated heterocycles. The fourth-order valence-corrected chi connectivity index (χ4v) is 11.8. The van der Waals surface area contributed by atoms with Crippen molar-refractivity contribution in [2.45, 2.75) is 354 Å². The first kappa shape index (κ1) is 90.8. The van der Waals surface area contributed by atoms with Crippen molar-refractivity contribution >= 4 is 39.5 Å². The lowest BCUT2D eigenvalue weighted by molar-refractivity contribution is -0.161. The van der Waals surface area contributed by atoms with Crippen LogP contribution in [0, 0.1) is 0 Å². The van der Waals surface area contributed by atoms with Gasteiger partial charge in [0.1, 0.15) is 19.3 Å². The molecule has 0 aliphatic heterocycles. The number of allylic oxidation sites excluding steroid dienone is 10. The summed E-state index contributed by atoms with van der Waals surface area (Å²) in [5, 5.41) is 10.6. The van der Waals surface area contributed by atoms with Crippen molar-refractivity contribution in [1.29, 1.82) is 0 Å². The van der Waals surface area contributed by atoms with Crippen LogP contribution in [0.3, 0.4) is 0 Å². The van der Waals surface area contributed by atoms with Crippen molar-refractivity contribution in [1.82, 2.24) is 0 Å². The van der Waals surface area contributed by atoms with E-state index in [0.717, 1.165) is 148 Å². The standard InChI is InChI=1S/C75H136O17P2/c1-5-9-13-17-21-25-29-32-34-37-40-43-47-51-55-59-72(77)85-65-70(91-74(79)61-57-53-49-45-39-28-24-20-16-12-8-4)67-89-93(81,82)87-63-69(76)64-88-94(83,84)90-68-71(92-75(80)62-58-54-50-46-42-36-31-27-23-19-15-11-7-3)66-86-73(78)60-56-52-48-44-41-38-35-33-30-26-22-18-14-10-6-2/h10,14,20,22,24,26-27,31,33,35,69-71,76H,5-9,11-13,15-19,21,23,25,28-30,32,34,36-68H2,1-4H3,(H,81,82)(H,83,84)/b14-10-,24-20-,26-22-,31-27-,35-33-. The van der Waals surface area contributed by atoms with E-state index in [2.05, 4.69) is 88.5 Å². The minimum atomic E-state index is -4.97. The summed E-state index contributed by atoms with van der Waals surface area (Å²) >= 11 is 0. The van der Waals surface area contributed by atoms with E-state index in [1.807, 2.05) is 0 Å². The van der Waals surface area contributed by atoms with E-state index in [4.69, 9.17) is 37.0 Å². The largest absolute Gasteiger partial charge is 0.472 e. The Labute approximate surface area is 571 Å². The number of esters is 4. The van der Waals surface area contributed by atoms with Crippen LogP contribution in [0.5, 0.6) is 0 Å². The molecule has 0 fully saturated rings. The van der Waals surface area contributed by atoms with Crippen LogP contribution in [0.25, 0.3) is 0 Å². The minimum Gasteiger partial charge on any atom is -0.462 e. The molecule has 5 atom stereocenters. The summed E-state index contributed by atoms with van der Waals surface area (Å²) in [5.41, 5.74) is 0. The third-order valence-corrected chi connectivity index (χ3v) is 17.9. The molecule has 0 aliphatic carbocycles. The van der Waals surface area contributed by atoms with Crippen LogP contribution in [0.1, 0.15) is 336 Å². The number of phosphoric ester groups is 2. The van der Waals surface area contributed by atoms with Crippen molar-refractivity contribution < 1.29 is 80.2 Å². The molecular weight excluding hydrogens is 1230 g/mol. The molecule has 0 aromatic carbocycles. The summed E-state index contributed by atoms with van der Waals surface area (Å²) in [4.78, 5) is 72.7. The number of aliphatic hydroxyl groups excluding tert-OH is 1. The third kappa shape index (κ3) is 67.3. The average molecular weight is 1370 g/mol. The Morgan fingerprint density at radius 3 is 0.904 bits per heavy atom. The number of ether oxygens (including phenoxy) is 4. The van der Waals surface area contributed by atoms with Crippen molar-refractivity contribution in [3.05, 3.63) is 60.8 Å². The molecule has 0 bridgehead atoms. The summed E-state index contributed by atoms with van der Waals surface area (Å²) in [6.45, 7) is 4.71. The lowest BCUT2D eigenvalue weighted by Crippen LogP contribution is -2.30. The Morgan fingerprint density at radius 2 is 0.564 bits per heavy atom. The van der Waals surface area contributed by atoms with Crippen molar-refractivity contribution in [2.75, 3.05) is 39.6 Å². The van der Waals surface area contributed by atoms with Gasteiger partial charge in [0.25, 0.3) is 0 Å². The maximum atomic E-state index is 13.0. The lowest BCUT2D eigenvalue weighted by atomic mass is 10.0. The van der Waals surface area contributed by atoms with Gasteiger partial charge in [-0.25, -0.2) is 9.13 Å². The molecule has 94 heavy (non-hydrogen) atoms. The molecule has 0 saturated carbocycles. The van der Waals surface area contributed by atoms with Crippen LogP contribution < -0.4 is 0 Å². The van der Waals surface area contributed by atoms with E-state index in [-0.39, 0.29) is 25.7 Å². The van der Waals surface area contributed by atoms with E-state index in [1.54, 1.807) is 0 Å². The van der Waals surface area contributed by atoms with E-state index in [9.17, 15) is 43.2 Å². The van der Waals surface area contributed by atoms with Gasteiger partial charge in [-0.15, -0.1) is 0 Å². The topological polar surface area (TPSA) is 237 Å². The van der Waals surface area contributed by atoms with Gasteiger partial charge < -0.3 is 33.8 Å². The first-order valence-electron chi connectivity index (χ1n) is 37.5. The zero-order chi connectivity index (χ0) is 69.0. The smallest absolute Gasteiger partial charge is 0.462 e. The fraction of sp³-hybridized carbons (Fsp3) is 0.813. The molecular formula is C75H136O17P2. The van der Waals surface area contributed by atoms with E-state index in [0.29, 0.717) is 25.7 Å². The lowest BCUT2D eigenvalue weighted by Gasteiger charge is -2.21. The van der Waals surface area contributed by atoms with Crippen molar-refractivity contribution in [3.8, 4) is 0 Å². The Balaban J connectivity index is 5.30. The molecule has 0 aromatic rings. The Kier molecular flexibility index (Phi) is 65.9. The number of unbranched alkanes of at least 4 members (excludes halogenated alkanes) is 35. The van der Waals surface area contributed by atoms with Crippen molar-refractivity contribution in [3.63, 3.8) is 0 Å². The van der Waals surface area contributed by atoms with E-state index in [1.165, 1.54) is 109 Å². The SMILES string of the molecule is CC/C=C\C/C=C\C/C=C\CCCCCCCC(=O)OCC(COP(=O)(O)OCC(O)COP(=O)(O)OCC(COC(=O)CCCCCCCCCCCCCCCCC)OC(=O)CCCCCCC/C=C\CCCC)OC(=O)CCCCCCC/C=C\CCCCCC. The fourth-order valence-electron chi connectivity index (χ4n) is 10.2. The van der Waals surface area contributed by atoms with Gasteiger partial charge in [-0.05, 0) is 103 Å². The quantitative estimate of drug-likeness (QED) is 0.0169.